The van der Waals surface area contributed by atoms with Crippen molar-refractivity contribution in [1.29, 1.82) is 0 Å². The van der Waals surface area contributed by atoms with Crippen molar-refractivity contribution in [2.45, 2.75) is 38.3 Å². The Morgan fingerprint density at radius 2 is 1.95 bits per heavy atom. The highest BCUT2D eigenvalue weighted by atomic mass is 16.4. The van der Waals surface area contributed by atoms with Crippen LogP contribution in [0.1, 0.15) is 37.8 Å². The number of carboxylic acids is 1. The summed E-state index contributed by atoms with van der Waals surface area (Å²) in [6, 6.07) is 7.40. The zero-order valence-electron chi connectivity index (χ0n) is 11.5. The molecule has 5 heteroatoms. The standard InChI is InChI=1S/C15H20N2O3/c1-10-6-5-9-12(10)16-15(20)17-13(14(18)19)11-7-3-2-4-8-11/h2-4,7-8,10,12-13H,5-6,9H2,1H3,(H,18,19)(H2,16,17,20)/t10?,12?,13-/m1/s1. The Morgan fingerprint density at radius 3 is 2.50 bits per heavy atom. The molecule has 1 aromatic carbocycles. The number of carbonyl (C=O) groups excluding carboxylic acids is 1. The van der Waals surface area contributed by atoms with Gasteiger partial charge in [0, 0.05) is 6.04 Å². The van der Waals surface area contributed by atoms with Crippen LogP contribution in [-0.2, 0) is 4.79 Å². The average molecular weight is 276 g/mol. The summed E-state index contributed by atoms with van der Waals surface area (Å²) in [5.74, 6) is -0.619. The van der Waals surface area contributed by atoms with E-state index in [4.69, 9.17) is 0 Å². The van der Waals surface area contributed by atoms with E-state index >= 15 is 0 Å². The van der Waals surface area contributed by atoms with E-state index in [0.29, 0.717) is 11.5 Å². The first kappa shape index (κ1) is 14.4. The molecule has 1 saturated carbocycles. The number of urea groups is 1. The van der Waals surface area contributed by atoms with Gasteiger partial charge in [0.05, 0.1) is 0 Å². The van der Waals surface area contributed by atoms with Crippen LogP contribution in [0, 0.1) is 5.92 Å². The van der Waals surface area contributed by atoms with Gasteiger partial charge in [-0.15, -0.1) is 0 Å². The summed E-state index contributed by atoms with van der Waals surface area (Å²) >= 11 is 0. The third-order valence-corrected chi connectivity index (χ3v) is 3.83. The second-order valence-electron chi connectivity index (χ2n) is 5.31. The number of carbonyl (C=O) groups is 2. The maximum Gasteiger partial charge on any atom is 0.330 e. The van der Waals surface area contributed by atoms with Gasteiger partial charge in [0.15, 0.2) is 6.04 Å². The molecule has 0 bridgehead atoms. The predicted octanol–water partition coefficient (Wildman–Crippen LogP) is 2.30. The summed E-state index contributed by atoms with van der Waals surface area (Å²) in [7, 11) is 0. The van der Waals surface area contributed by atoms with E-state index < -0.39 is 18.0 Å². The lowest BCUT2D eigenvalue weighted by Gasteiger charge is -2.20. The zero-order valence-corrected chi connectivity index (χ0v) is 11.5. The number of rotatable bonds is 4. The minimum Gasteiger partial charge on any atom is -0.479 e. The Morgan fingerprint density at radius 1 is 1.25 bits per heavy atom. The lowest BCUT2D eigenvalue weighted by atomic mass is 10.1. The van der Waals surface area contributed by atoms with E-state index in [1.165, 1.54) is 0 Å². The van der Waals surface area contributed by atoms with Crippen LogP contribution in [0.4, 0.5) is 4.79 Å². The lowest BCUT2D eigenvalue weighted by Crippen LogP contribution is -2.46. The fourth-order valence-electron chi connectivity index (χ4n) is 2.63. The van der Waals surface area contributed by atoms with Crippen LogP contribution in [0.5, 0.6) is 0 Å². The van der Waals surface area contributed by atoms with E-state index in [2.05, 4.69) is 17.6 Å². The van der Waals surface area contributed by atoms with E-state index in [1.807, 2.05) is 6.07 Å². The number of hydrogen-bond donors (Lipinski definition) is 3. The molecule has 5 nitrogen and oxygen atoms in total. The smallest absolute Gasteiger partial charge is 0.330 e. The molecule has 0 spiro atoms. The third kappa shape index (κ3) is 3.50. The van der Waals surface area contributed by atoms with Gasteiger partial charge >= 0.3 is 12.0 Å². The molecule has 0 saturated heterocycles. The van der Waals surface area contributed by atoms with Gasteiger partial charge in [-0.1, -0.05) is 43.7 Å². The Balaban J connectivity index is 1.98. The Bertz CT molecular complexity index is 475. The summed E-state index contributed by atoms with van der Waals surface area (Å²) < 4.78 is 0. The Hall–Kier alpha value is -2.04. The molecule has 2 amide bonds. The molecule has 20 heavy (non-hydrogen) atoms. The first-order chi connectivity index (χ1) is 9.58. The molecule has 0 heterocycles. The SMILES string of the molecule is CC1CCCC1NC(=O)N[C@@H](C(=O)O)c1ccccc1. The molecular weight excluding hydrogens is 256 g/mol. The van der Waals surface area contributed by atoms with Gasteiger partial charge in [0.2, 0.25) is 0 Å². The van der Waals surface area contributed by atoms with Crippen molar-refractivity contribution < 1.29 is 14.7 Å². The summed E-state index contributed by atoms with van der Waals surface area (Å²) in [6.45, 7) is 2.10. The normalized spacial score (nSPS) is 23.1. The van der Waals surface area contributed by atoms with Crippen molar-refractivity contribution >= 4 is 12.0 Å². The van der Waals surface area contributed by atoms with Gasteiger partial charge in [-0.2, -0.15) is 0 Å². The van der Waals surface area contributed by atoms with Crippen LogP contribution < -0.4 is 10.6 Å². The van der Waals surface area contributed by atoms with Crippen LogP contribution in [-0.4, -0.2) is 23.1 Å². The van der Waals surface area contributed by atoms with E-state index in [-0.39, 0.29) is 6.04 Å². The van der Waals surface area contributed by atoms with Gasteiger partial charge in [0.25, 0.3) is 0 Å². The van der Waals surface area contributed by atoms with E-state index in [1.54, 1.807) is 24.3 Å². The number of benzene rings is 1. The number of carboxylic acid groups (broad SMARTS) is 1. The Kier molecular flexibility index (Phi) is 4.61. The van der Waals surface area contributed by atoms with Crippen molar-refractivity contribution in [2.75, 3.05) is 0 Å². The van der Waals surface area contributed by atoms with E-state index in [9.17, 15) is 14.7 Å². The highest BCUT2D eigenvalue weighted by Crippen LogP contribution is 2.24. The van der Waals surface area contributed by atoms with Gasteiger partial charge in [-0.05, 0) is 24.3 Å². The number of aliphatic carboxylic acids is 1. The lowest BCUT2D eigenvalue weighted by molar-refractivity contribution is -0.139. The minimum atomic E-state index is -1.06. The quantitative estimate of drug-likeness (QED) is 0.789. The van der Waals surface area contributed by atoms with Crippen LogP contribution in [0.3, 0.4) is 0 Å². The van der Waals surface area contributed by atoms with Crippen LogP contribution >= 0.6 is 0 Å². The minimum absolute atomic E-state index is 0.139. The molecule has 1 aliphatic rings. The van der Waals surface area contributed by atoms with Gasteiger partial charge in [-0.3, -0.25) is 0 Å². The molecular formula is C15H20N2O3. The topological polar surface area (TPSA) is 78.4 Å². The largest absolute Gasteiger partial charge is 0.479 e. The molecule has 1 fully saturated rings. The van der Waals surface area contributed by atoms with Crippen molar-refractivity contribution in [3.05, 3.63) is 35.9 Å². The third-order valence-electron chi connectivity index (χ3n) is 3.83. The number of amides is 2. The maximum absolute atomic E-state index is 11.9. The van der Waals surface area contributed by atoms with Crippen molar-refractivity contribution in [1.82, 2.24) is 10.6 Å². The van der Waals surface area contributed by atoms with Crippen LogP contribution in [0.2, 0.25) is 0 Å². The van der Waals surface area contributed by atoms with Gasteiger partial charge < -0.3 is 15.7 Å². The fraction of sp³-hybridized carbons (Fsp3) is 0.467. The summed E-state index contributed by atoms with van der Waals surface area (Å²) in [5.41, 5.74) is 0.564. The molecule has 2 unspecified atom stereocenters. The summed E-state index contributed by atoms with van der Waals surface area (Å²) in [6.07, 6.45) is 3.16. The van der Waals surface area contributed by atoms with Crippen molar-refractivity contribution in [3.8, 4) is 0 Å². The average Bonchev–Trinajstić information content (AvgIpc) is 2.82. The second kappa shape index (κ2) is 6.41. The first-order valence-corrected chi connectivity index (χ1v) is 6.92. The molecule has 3 N–H and O–H groups in total. The van der Waals surface area contributed by atoms with Crippen molar-refractivity contribution in [3.63, 3.8) is 0 Å². The molecule has 3 atom stereocenters. The Labute approximate surface area is 118 Å². The molecule has 2 rings (SSSR count). The van der Waals surface area contributed by atoms with Crippen LogP contribution in [0.25, 0.3) is 0 Å². The molecule has 0 aliphatic heterocycles. The predicted molar refractivity (Wildman–Crippen MR) is 75.3 cm³/mol. The molecule has 0 radical (unpaired) electrons. The fourth-order valence-corrected chi connectivity index (χ4v) is 2.63. The molecule has 0 aromatic heterocycles. The summed E-state index contributed by atoms with van der Waals surface area (Å²) in [4.78, 5) is 23.2. The molecule has 108 valence electrons. The number of nitrogens with one attached hydrogen (secondary N) is 2. The summed E-state index contributed by atoms with van der Waals surface area (Å²) in [5, 5.41) is 14.6. The maximum atomic E-state index is 11.9. The van der Waals surface area contributed by atoms with Gasteiger partial charge in [0.1, 0.15) is 0 Å². The monoisotopic (exact) mass is 276 g/mol. The zero-order chi connectivity index (χ0) is 14.5. The van der Waals surface area contributed by atoms with E-state index in [0.717, 1.165) is 19.3 Å². The number of hydrogen-bond acceptors (Lipinski definition) is 2. The molecule has 1 aromatic rings. The van der Waals surface area contributed by atoms with Crippen LogP contribution in [0.15, 0.2) is 30.3 Å². The van der Waals surface area contributed by atoms with Crippen molar-refractivity contribution in [2.24, 2.45) is 5.92 Å². The highest BCUT2D eigenvalue weighted by molar-refractivity contribution is 5.83. The molecule has 1 aliphatic carbocycles. The first-order valence-electron chi connectivity index (χ1n) is 6.92. The highest BCUT2D eigenvalue weighted by Gasteiger charge is 2.27. The van der Waals surface area contributed by atoms with Gasteiger partial charge in [-0.25, -0.2) is 9.59 Å². The second-order valence-corrected chi connectivity index (χ2v) is 5.31.